The fourth-order valence-corrected chi connectivity index (χ4v) is 2.54. The SMILES string of the molecule is CCOC(=O)C[C@H](C)[C@@H](NC(=O)C[C@H](O)CNC(=O)OCc1ccccc1)C(=O)O. The number of ether oxygens (including phenoxy) is 2. The molecule has 1 rings (SSSR count). The summed E-state index contributed by atoms with van der Waals surface area (Å²) in [5.41, 5.74) is 0.796. The van der Waals surface area contributed by atoms with E-state index >= 15 is 0 Å². The van der Waals surface area contributed by atoms with Crippen molar-refractivity contribution in [3.8, 4) is 0 Å². The zero-order valence-electron chi connectivity index (χ0n) is 17.0. The van der Waals surface area contributed by atoms with Crippen molar-refractivity contribution in [2.24, 2.45) is 5.92 Å². The van der Waals surface area contributed by atoms with E-state index in [0.29, 0.717) is 0 Å². The summed E-state index contributed by atoms with van der Waals surface area (Å²) >= 11 is 0. The smallest absolute Gasteiger partial charge is 0.407 e. The van der Waals surface area contributed by atoms with Gasteiger partial charge in [0.05, 0.1) is 25.6 Å². The van der Waals surface area contributed by atoms with E-state index in [1.807, 2.05) is 6.07 Å². The predicted molar refractivity (Wildman–Crippen MR) is 105 cm³/mol. The van der Waals surface area contributed by atoms with Crippen LogP contribution in [0.2, 0.25) is 0 Å². The van der Waals surface area contributed by atoms with Crippen molar-refractivity contribution in [3.63, 3.8) is 0 Å². The Kier molecular flexibility index (Phi) is 10.9. The summed E-state index contributed by atoms with van der Waals surface area (Å²) in [6, 6.07) is 7.69. The second-order valence-corrected chi connectivity index (χ2v) is 6.67. The third-order valence-electron chi connectivity index (χ3n) is 4.06. The van der Waals surface area contributed by atoms with Gasteiger partial charge < -0.3 is 30.3 Å². The molecule has 0 unspecified atom stereocenters. The lowest BCUT2D eigenvalue weighted by Gasteiger charge is -2.21. The highest BCUT2D eigenvalue weighted by molar-refractivity contribution is 5.84. The molecule has 0 aromatic heterocycles. The lowest BCUT2D eigenvalue weighted by atomic mass is 9.98. The molecule has 2 amide bonds. The number of aliphatic hydroxyl groups is 1. The van der Waals surface area contributed by atoms with Gasteiger partial charge in [-0.1, -0.05) is 37.3 Å². The Balaban J connectivity index is 2.39. The fourth-order valence-electron chi connectivity index (χ4n) is 2.54. The third-order valence-corrected chi connectivity index (χ3v) is 4.06. The van der Waals surface area contributed by atoms with Crippen LogP contribution in [-0.4, -0.2) is 59.4 Å². The number of rotatable bonds is 12. The van der Waals surface area contributed by atoms with Crippen molar-refractivity contribution < 1.29 is 38.9 Å². The molecule has 30 heavy (non-hydrogen) atoms. The molecule has 10 heteroatoms. The number of carboxylic acid groups (broad SMARTS) is 1. The van der Waals surface area contributed by atoms with Gasteiger partial charge in [0.15, 0.2) is 0 Å². The van der Waals surface area contributed by atoms with Crippen molar-refractivity contribution in [2.75, 3.05) is 13.2 Å². The van der Waals surface area contributed by atoms with Gasteiger partial charge in [-0.15, -0.1) is 0 Å². The molecule has 1 aromatic rings. The number of carboxylic acids is 1. The molecule has 0 spiro atoms. The Labute approximate surface area is 174 Å². The first kappa shape index (κ1) is 24.9. The second kappa shape index (κ2) is 13.2. The summed E-state index contributed by atoms with van der Waals surface area (Å²) in [5.74, 6) is -3.32. The highest BCUT2D eigenvalue weighted by atomic mass is 16.5. The van der Waals surface area contributed by atoms with E-state index in [1.54, 1.807) is 31.2 Å². The zero-order valence-corrected chi connectivity index (χ0v) is 17.0. The van der Waals surface area contributed by atoms with Crippen LogP contribution in [0.25, 0.3) is 0 Å². The van der Waals surface area contributed by atoms with Crippen LogP contribution in [0, 0.1) is 5.92 Å². The number of amides is 2. The van der Waals surface area contributed by atoms with Crippen molar-refractivity contribution in [2.45, 2.75) is 45.4 Å². The molecule has 0 radical (unpaired) electrons. The Bertz CT molecular complexity index is 710. The molecule has 10 nitrogen and oxygen atoms in total. The monoisotopic (exact) mass is 424 g/mol. The molecule has 0 saturated carbocycles. The van der Waals surface area contributed by atoms with Gasteiger partial charge in [-0.05, 0) is 18.4 Å². The maximum atomic E-state index is 12.0. The Morgan fingerprint density at radius 2 is 1.73 bits per heavy atom. The first-order chi connectivity index (χ1) is 14.2. The van der Waals surface area contributed by atoms with Gasteiger partial charge >= 0.3 is 18.0 Å². The molecular weight excluding hydrogens is 396 g/mol. The minimum atomic E-state index is -1.32. The average molecular weight is 424 g/mol. The fraction of sp³-hybridized carbons (Fsp3) is 0.500. The number of carbonyl (C=O) groups is 4. The van der Waals surface area contributed by atoms with Gasteiger partial charge in [0.1, 0.15) is 12.6 Å². The Morgan fingerprint density at radius 3 is 2.33 bits per heavy atom. The molecule has 0 saturated heterocycles. The summed E-state index contributed by atoms with van der Waals surface area (Å²) in [5, 5.41) is 23.8. The van der Waals surface area contributed by atoms with E-state index in [-0.39, 0.29) is 26.2 Å². The van der Waals surface area contributed by atoms with Crippen LogP contribution < -0.4 is 10.6 Å². The van der Waals surface area contributed by atoms with E-state index in [9.17, 15) is 29.4 Å². The minimum Gasteiger partial charge on any atom is -0.480 e. The van der Waals surface area contributed by atoms with Crippen LogP contribution >= 0.6 is 0 Å². The van der Waals surface area contributed by atoms with Crippen LogP contribution in [0.3, 0.4) is 0 Å². The highest BCUT2D eigenvalue weighted by Crippen LogP contribution is 2.11. The standard InChI is InChI=1S/C20H28N2O8/c1-3-29-17(25)9-13(2)18(19(26)27)22-16(24)10-15(23)11-21-20(28)30-12-14-7-5-4-6-8-14/h4-8,13,15,18,23H,3,9-12H2,1-2H3,(H,21,28)(H,22,24)(H,26,27)/t13-,15-,18+/m0/s1. The lowest BCUT2D eigenvalue weighted by molar-refractivity contribution is -0.147. The molecule has 3 atom stereocenters. The van der Waals surface area contributed by atoms with E-state index < -0.39 is 48.4 Å². The molecule has 0 heterocycles. The van der Waals surface area contributed by atoms with Gasteiger partial charge in [0.2, 0.25) is 5.91 Å². The molecule has 0 fully saturated rings. The normalized spacial score (nSPS) is 13.4. The van der Waals surface area contributed by atoms with Gasteiger partial charge in [0, 0.05) is 6.54 Å². The highest BCUT2D eigenvalue weighted by Gasteiger charge is 2.29. The van der Waals surface area contributed by atoms with Gasteiger partial charge in [-0.3, -0.25) is 9.59 Å². The van der Waals surface area contributed by atoms with Crippen LogP contribution in [-0.2, 0) is 30.5 Å². The molecule has 0 aliphatic rings. The number of nitrogens with one attached hydrogen (secondary N) is 2. The number of hydrogen-bond donors (Lipinski definition) is 4. The first-order valence-electron chi connectivity index (χ1n) is 9.53. The van der Waals surface area contributed by atoms with Crippen molar-refractivity contribution in [1.29, 1.82) is 0 Å². The number of alkyl carbamates (subject to hydrolysis) is 1. The first-order valence-corrected chi connectivity index (χ1v) is 9.53. The van der Waals surface area contributed by atoms with E-state index in [4.69, 9.17) is 9.47 Å². The second-order valence-electron chi connectivity index (χ2n) is 6.67. The summed E-state index contributed by atoms with van der Waals surface area (Å²) in [7, 11) is 0. The van der Waals surface area contributed by atoms with E-state index in [2.05, 4.69) is 10.6 Å². The van der Waals surface area contributed by atoms with Crippen LogP contribution in [0.5, 0.6) is 0 Å². The zero-order chi connectivity index (χ0) is 22.5. The van der Waals surface area contributed by atoms with Crippen molar-refractivity contribution in [1.82, 2.24) is 10.6 Å². The summed E-state index contributed by atoms with van der Waals surface area (Å²) < 4.78 is 9.76. The van der Waals surface area contributed by atoms with Gasteiger partial charge in [-0.25, -0.2) is 9.59 Å². The van der Waals surface area contributed by atoms with E-state index in [0.717, 1.165) is 5.56 Å². The Morgan fingerprint density at radius 1 is 1.07 bits per heavy atom. The van der Waals surface area contributed by atoms with Crippen LogP contribution in [0.1, 0.15) is 32.3 Å². The number of aliphatic hydroxyl groups excluding tert-OH is 1. The summed E-state index contributed by atoms with van der Waals surface area (Å²) in [4.78, 5) is 46.6. The topological polar surface area (TPSA) is 151 Å². The third kappa shape index (κ3) is 9.87. The van der Waals surface area contributed by atoms with Crippen molar-refractivity contribution >= 4 is 23.9 Å². The van der Waals surface area contributed by atoms with E-state index in [1.165, 1.54) is 6.92 Å². The molecule has 1 aromatic carbocycles. The number of benzene rings is 1. The number of carbonyl (C=O) groups excluding carboxylic acids is 3. The average Bonchev–Trinajstić information content (AvgIpc) is 2.69. The van der Waals surface area contributed by atoms with Gasteiger partial charge in [-0.2, -0.15) is 0 Å². The summed E-state index contributed by atoms with van der Waals surface area (Å²) in [6.45, 7) is 3.10. The maximum absolute atomic E-state index is 12.0. The summed E-state index contributed by atoms with van der Waals surface area (Å²) in [6.07, 6.45) is -2.62. The molecular formula is C20H28N2O8. The maximum Gasteiger partial charge on any atom is 0.407 e. The van der Waals surface area contributed by atoms with Crippen molar-refractivity contribution in [3.05, 3.63) is 35.9 Å². The number of hydrogen-bond acceptors (Lipinski definition) is 7. The largest absolute Gasteiger partial charge is 0.480 e. The van der Waals surface area contributed by atoms with Crippen LogP contribution in [0.4, 0.5) is 4.79 Å². The lowest BCUT2D eigenvalue weighted by Crippen LogP contribution is -2.47. The predicted octanol–water partition coefficient (Wildman–Crippen LogP) is 0.823. The minimum absolute atomic E-state index is 0.0574. The molecule has 0 aliphatic heterocycles. The Hall–Kier alpha value is -3.14. The molecule has 0 aliphatic carbocycles. The molecule has 166 valence electrons. The van der Waals surface area contributed by atoms with Crippen LogP contribution in [0.15, 0.2) is 30.3 Å². The molecule has 4 N–H and O–H groups in total. The number of aliphatic carboxylic acids is 1. The molecule has 0 bridgehead atoms. The van der Waals surface area contributed by atoms with Gasteiger partial charge in [0.25, 0.3) is 0 Å². The number of esters is 1. The quantitative estimate of drug-likeness (QED) is 0.360.